The van der Waals surface area contributed by atoms with Crippen molar-refractivity contribution >= 4 is 19.7 Å². The van der Waals surface area contributed by atoms with Crippen molar-refractivity contribution in [1.29, 1.82) is 0 Å². The molecule has 0 spiro atoms. The first kappa shape index (κ1) is 19.9. The molecule has 0 bridgehead atoms. The normalized spacial score (nSPS) is 12.1. The molecule has 2 N–H and O–H groups in total. The Hall–Kier alpha value is -2.84. The van der Waals surface area contributed by atoms with Gasteiger partial charge in [-0.1, -0.05) is 36.4 Å². The lowest BCUT2D eigenvalue weighted by atomic mass is 10.1. The summed E-state index contributed by atoms with van der Waals surface area (Å²) in [6, 6.07) is 14.6. The van der Waals surface area contributed by atoms with Crippen molar-refractivity contribution in [3.63, 3.8) is 0 Å². The van der Waals surface area contributed by atoms with Gasteiger partial charge in [-0.25, -0.2) is 16.8 Å². The van der Waals surface area contributed by atoms with Crippen LogP contribution in [0, 0.1) is 13.8 Å². The number of phenolic OH excluding ortho intramolecular Hbond substituents is 2. The summed E-state index contributed by atoms with van der Waals surface area (Å²) in [6.45, 7) is 2.63. The second-order valence-corrected chi connectivity index (χ2v) is 10.0. The molecule has 3 aromatic carbocycles. The summed E-state index contributed by atoms with van der Waals surface area (Å²) in [5.41, 5.74) is -0.239. The molecule has 0 aliphatic rings. The van der Waals surface area contributed by atoms with E-state index >= 15 is 0 Å². The Bertz CT molecular complexity index is 1150. The van der Waals surface area contributed by atoms with Gasteiger partial charge in [0.05, 0.1) is 9.79 Å². The summed E-state index contributed by atoms with van der Waals surface area (Å²) >= 11 is 0. The van der Waals surface area contributed by atoms with Crippen LogP contribution in [-0.4, -0.2) is 27.0 Å². The quantitative estimate of drug-likeness (QED) is 0.629. The minimum atomic E-state index is -4.28. The molecule has 0 aliphatic heterocycles. The number of rotatable bonds is 4. The summed E-state index contributed by atoms with van der Waals surface area (Å²) in [4.78, 5) is -1.51. The first-order valence-corrected chi connectivity index (χ1v) is 11.2. The maximum Gasteiger partial charge on any atom is 0.210 e. The third-order valence-corrected chi connectivity index (χ3v) is 8.33. The van der Waals surface area contributed by atoms with Gasteiger partial charge in [-0.05, 0) is 38.1 Å². The zero-order valence-corrected chi connectivity index (χ0v) is 16.8. The van der Waals surface area contributed by atoms with Crippen LogP contribution < -0.4 is 0 Å². The monoisotopic (exact) mass is 418 g/mol. The van der Waals surface area contributed by atoms with Crippen molar-refractivity contribution in [3.05, 3.63) is 71.8 Å². The number of phenols is 2. The lowest BCUT2D eigenvalue weighted by molar-refractivity contribution is 0.422. The molecule has 6 nitrogen and oxygen atoms in total. The molecule has 0 fully saturated rings. The number of hydrogen-bond donors (Lipinski definition) is 2. The van der Waals surface area contributed by atoms with Crippen molar-refractivity contribution < 1.29 is 27.0 Å². The van der Waals surface area contributed by atoms with Crippen molar-refractivity contribution in [1.82, 2.24) is 0 Å². The standard InChI is InChI=1S/C20H18O6S2/c1-13-17(21)14(2)20(28(25,26)16-11-7-4-8-12-16)18(22)19(13)27(23,24)15-9-5-3-6-10-15/h3-12,21-22H,1-2H3. The Labute approximate surface area is 163 Å². The first-order chi connectivity index (χ1) is 13.1. The van der Waals surface area contributed by atoms with Crippen LogP contribution in [0.25, 0.3) is 0 Å². The van der Waals surface area contributed by atoms with E-state index in [0.717, 1.165) is 0 Å². The van der Waals surface area contributed by atoms with Crippen LogP contribution in [0.15, 0.2) is 80.2 Å². The van der Waals surface area contributed by atoms with E-state index in [1.165, 1.54) is 62.4 Å². The second-order valence-electron chi connectivity index (χ2n) is 6.24. The summed E-state index contributed by atoms with van der Waals surface area (Å²) in [5.74, 6) is -1.40. The maximum atomic E-state index is 13.1. The number of sulfone groups is 2. The molecule has 0 amide bonds. The second kappa shape index (κ2) is 6.96. The fraction of sp³-hybridized carbons (Fsp3) is 0.100. The lowest BCUT2D eigenvalue weighted by Gasteiger charge is -2.18. The highest BCUT2D eigenvalue weighted by Gasteiger charge is 2.34. The van der Waals surface area contributed by atoms with Crippen LogP contribution in [-0.2, 0) is 19.7 Å². The van der Waals surface area contributed by atoms with Crippen molar-refractivity contribution in [2.24, 2.45) is 0 Å². The zero-order chi connectivity index (χ0) is 20.7. The molecule has 0 saturated heterocycles. The molecule has 0 atom stereocenters. The van der Waals surface area contributed by atoms with Crippen LogP contribution in [0.2, 0.25) is 0 Å². The van der Waals surface area contributed by atoms with Crippen molar-refractivity contribution in [3.8, 4) is 11.5 Å². The number of aromatic hydroxyl groups is 2. The third-order valence-electron chi connectivity index (χ3n) is 4.47. The Morgan fingerprint density at radius 1 is 0.571 bits per heavy atom. The summed E-state index contributed by atoms with van der Waals surface area (Å²) in [7, 11) is -8.56. The van der Waals surface area contributed by atoms with Gasteiger partial charge in [0.25, 0.3) is 0 Å². The predicted octanol–water partition coefficient (Wildman–Crippen LogP) is 3.38. The largest absolute Gasteiger partial charge is 0.507 e. The molecule has 0 aliphatic carbocycles. The Balaban J connectivity index is 2.41. The molecule has 0 radical (unpaired) electrons. The highest BCUT2D eigenvalue weighted by atomic mass is 32.2. The Morgan fingerprint density at radius 3 is 1.21 bits per heavy atom. The SMILES string of the molecule is Cc1c(O)c(C)c(S(=O)(=O)c2ccccc2)c(O)c1S(=O)(=O)c1ccccc1. The number of benzene rings is 3. The van der Waals surface area contributed by atoms with Gasteiger partial charge >= 0.3 is 0 Å². The van der Waals surface area contributed by atoms with Gasteiger partial charge in [-0.3, -0.25) is 0 Å². The molecule has 0 heterocycles. The van der Waals surface area contributed by atoms with Gasteiger partial charge in [0.15, 0.2) is 5.75 Å². The average Bonchev–Trinajstić information content (AvgIpc) is 2.67. The maximum absolute atomic E-state index is 13.1. The minimum Gasteiger partial charge on any atom is -0.507 e. The lowest BCUT2D eigenvalue weighted by Crippen LogP contribution is -2.11. The predicted molar refractivity (Wildman–Crippen MR) is 103 cm³/mol. The van der Waals surface area contributed by atoms with Gasteiger partial charge in [-0.2, -0.15) is 0 Å². The van der Waals surface area contributed by atoms with Crippen LogP contribution in [0.1, 0.15) is 11.1 Å². The fourth-order valence-corrected chi connectivity index (χ4v) is 6.33. The zero-order valence-electron chi connectivity index (χ0n) is 15.1. The molecule has 146 valence electrons. The number of hydrogen-bond acceptors (Lipinski definition) is 6. The van der Waals surface area contributed by atoms with E-state index in [1.807, 2.05) is 0 Å². The minimum absolute atomic E-state index is 0.120. The highest BCUT2D eigenvalue weighted by molar-refractivity contribution is 7.92. The summed E-state index contributed by atoms with van der Waals surface area (Å²) in [5, 5.41) is 21.3. The van der Waals surface area contributed by atoms with E-state index in [4.69, 9.17) is 0 Å². The summed E-state index contributed by atoms with van der Waals surface area (Å²) < 4.78 is 52.4. The fourth-order valence-electron chi connectivity index (χ4n) is 3.05. The van der Waals surface area contributed by atoms with E-state index in [-0.39, 0.29) is 20.9 Å². The smallest absolute Gasteiger partial charge is 0.210 e. The molecule has 3 rings (SSSR count). The molecule has 0 aromatic heterocycles. The van der Waals surface area contributed by atoms with E-state index in [0.29, 0.717) is 0 Å². The van der Waals surface area contributed by atoms with Crippen LogP contribution in [0.5, 0.6) is 11.5 Å². The van der Waals surface area contributed by atoms with E-state index < -0.39 is 41.0 Å². The van der Waals surface area contributed by atoms with E-state index in [1.54, 1.807) is 12.1 Å². The topological polar surface area (TPSA) is 109 Å². The average molecular weight is 418 g/mol. The van der Waals surface area contributed by atoms with Gasteiger partial charge in [-0.15, -0.1) is 0 Å². The van der Waals surface area contributed by atoms with Gasteiger partial charge in [0.1, 0.15) is 15.5 Å². The van der Waals surface area contributed by atoms with E-state index in [9.17, 15) is 27.0 Å². The third kappa shape index (κ3) is 3.04. The molecular weight excluding hydrogens is 400 g/mol. The van der Waals surface area contributed by atoms with Crippen molar-refractivity contribution in [2.45, 2.75) is 33.4 Å². The van der Waals surface area contributed by atoms with Crippen molar-refractivity contribution in [2.75, 3.05) is 0 Å². The molecule has 8 heteroatoms. The van der Waals surface area contributed by atoms with Gasteiger partial charge < -0.3 is 10.2 Å². The van der Waals surface area contributed by atoms with Gasteiger partial charge in [0.2, 0.25) is 19.7 Å². The molecule has 0 saturated carbocycles. The molecule has 0 unspecified atom stereocenters. The van der Waals surface area contributed by atoms with Crippen LogP contribution in [0.4, 0.5) is 0 Å². The van der Waals surface area contributed by atoms with Gasteiger partial charge in [0, 0.05) is 11.1 Å². The van der Waals surface area contributed by atoms with Crippen LogP contribution >= 0.6 is 0 Å². The van der Waals surface area contributed by atoms with E-state index in [2.05, 4.69) is 0 Å². The highest BCUT2D eigenvalue weighted by Crippen LogP contribution is 2.45. The Morgan fingerprint density at radius 2 is 0.893 bits per heavy atom. The molecule has 3 aromatic rings. The first-order valence-electron chi connectivity index (χ1n) is 8.25. The van der Waals surface area contributed by atoms with Crippen LogP contribution in [0.3, 0.4) is 0 Å². The molecule has 28 heavy (non-hydrogen) atoms. The summed E-state index contributed by atoms with van der Waals surface area (Å²) in [6.07, 6.45) is 0. The Kier molecular flexibility index (Phi) is 4.95. The molecular formula is C20H18O6S2.